The van der Waals surface area contributed by atoms with Gasteiger partial charge in [0.25, 0.3) is 0 Å². The molecular formula is C30H24. The molecule has 4 aromatic carbocycles. The van der Waals surface area contributed by atoms with Crippen molar-refractivity contribution < 1.29 is 0 Å². The van der Waals surface area contributed by atoms with E-state index in [9.17, 15) is 0 Å². The minimum Gasteiger partial charge on any atom is -0.0616 e. The van der Waals surface area contributed by atoms with Crippen molar-refractivity contribution in [3.63, 3.8) is 0 Å². The van der Waals surface area contributed by atoms with Crippen molar-refractivity contribution in [1.82, 2.24) is 0 Å². The highest BCUT2D eigenvalue weighted by atomic mass is 14.1. The molecule has 0 heterocycles. The van der Waals surface area contributed by atoms with Crippen LogP contribution < -0.4 is 0 Å². The molecule has 0 saturated carbocycles. The summed E-state index contributed by atoms with van der Waals surface area (Å²) in [6.45, 7) is 6.39. The van der Waals surface area contributed by atoms with Crippen LogP contribution in [0.1, 0.15) is 45.9 Å². The number of hydrogen-bond donors (Lipinski definition) is 0. The Morgan fingerprint density at radius 2 is 1.10 bits per heavy atom. The first kappa shape index (κ1) is 19.6. The molecule has 4 rings (SSSR count). The molecule has 0 radical (unpaired) electrons. The molecule has 0 aromatic heterocycles. The van der Waals surface area contributed by atoms with E-state index in [1.165, 1.54) is 16.7 Å². The highest BCUT2D eigenvalue weighted by Gasteiger charge is 2.03. The summed E-state index contributed by atoms with van der Waals surface area (Å²) in [6, 6.07) is 27.4. The van der Waals surface area contributed by atoms with Gasteiger partial charge in [-0.15, -0.1) is 0 Å². The van der Waals surface area contributed by atoms with Crippen LogP contribution in [-0.4, -0.2) is 0 Å². The monoisotopic (exact) mass is 384 g/mol. The van der Waals surface area contributed by atoms with E-state index in [0.29, 0.717) is 0 Å². The van der Waals surface area contributed by atoms with Gasteiger partial charge in [0.2, 0.25) is 0 Å². The molecule has 0 aliphatic carbocycles. The molecule has 144 valence electrons. The fourth-order valence-corrected chi connectivity index (χ4v) is 3.57. The largest absolute Gasteiger partial charge is 0.0616 e. The van der Waals surface area contributed by atoms with Crippen molar-refractivity contribution in [1.29, 1.82) is 0 Å². The lowest BCUT2D eigenvalue weighted by atomic mass is 9.98. The third-order valence-electron chi connectivity index (χ3n) is 5.29. The summed E-state index contributed by atoms with van der Waals surface area (Å²) in [5, 5.41) is 2.29. The van der Waals surface area contributed by atoms with Crippen LogP contribution in [0.5, 0.6) is 0 Å². The lowest BCUT2D eigenvalue weighted by Gasteiger charge is -2.05. The van der Waals surface area contributed by atoms with Gasteiger partial charge in [0.15, 0.2) is 0 Å². The van der Waals surface area contributed by atoms with Crippen LogP contribution in [0.2, 0.25) is 0 Å². The molecule has 0 heteroatoms. The van der Waals surface area contributed by atoms with Gasteiger partial charge in [0, 0.05) is 22.3 Å². The Balaban J connectivity index is 1.75. The van der Waals surface area contributed by atoms with Crippen molar-refractivity contribution in [2.45, 2.75) is 27.2 Å². The summed E-state index contributed by atoms with van der Waals surface area (Å²) < 4.78 is 0. The summed E-state index contributed by atoms with van der Waals surface area (Å²) in [6.07, 6.45) is 0.986. The highest BCUT2D eigenvalue weighted by Crippen LogP contribution is 2.22. The third kappa shape index (κ3) is 4.30. The predicted molar refractivity (Wildman–Crippen MR) is 128 cm³/mol. The number of rotatable bonds is 1. The number of fused-ring (bicyclic) bond motifs is 1. The second-order valence-electron chi connectivity index (χ2n) is 7.59. The second kappa shape index (κ2) is 8.73. The van der Waals surface area contributed by atoms with Gasteiger partial charge in [-0.05, 0) is 66.9 Å². The Morgan fingerprint density at radius 3 is 1.73 bits per heavy atom. The zero-order chi connectivity index (χ0) is 20.9. The smallest absolute Gasteiger partial charge is 0.0328 e. The van der Waals surface area contributed by atoms with Gasteiger partial charge in [-0.25, -0.2) is 0 Å². The average molecular weight is 385 g/mol. The van der Waals surface area contributed by atoms with E-state index in [4.69, 9.17) is 0 Å². The zero-order valence-electron chi connectivity index (χ0n) is 17.7. The minimum absolute atomic E-state index is 0.986. The van der Waals surface area contributed by atoms with E-state index in [1.807, 2.05) is 0 Å². The molecule has 0 amide bonds. The Morgan fingerprint density at radius 1 is 0.567 bits per heavy atom. The quantitative estimate of drug-likeness (QED) is 0.316. The molecule has 0 aliphatic rings. The van der Waals surface area contributed by atoms with Crippen LogP contribution in [0.25, 0.3) is 10.8 Å². The van der Waals surface area contributed by atoms with Gasteiger partial charge in [0.05, 0.1) is 0 Å². The summed E-state index contributed by atoms with van der Waals surface area (Å²) in [4.78, 5) is 0. The molecule has 0 fully saturated rings. The molecule has 0 bridgehead atoms. The standard InChI is InChI=1S/C30H24/c1-4-25-21-23(3)11-15-26(25)17-18-28-20-19-27(29-7-5-6-8-30(28)29)16-14-24-12-9-22(2)10-13-24/h5-13,15,19-21H,4H2,1-3H3. The maximum absolute atomic E-state index is 3.41. The summed E-state index contributed by atoms with van der Waals surface area (Å²) in [7, 11) is 0. The summed E-state index contributed by atoms with van der Waals surface area (Å²) in [5.74, 6) is 13.4. The van der Waals surface area contributed by atoms with E-state index >= 15 is 0 Å². The highest BCUT2D eigenvalue weighted by molar-refractivity contribution is 5.93. The van der Waals surface area contributed by atoms with Gasteiger partial charge < -0.3 is 0 Å². The fourth-order valence-electron chi connectivity index (χ4n) is 3.57. The Kier molecular flexibility index (Phi) is 5.70. The molecule has 0 atom stereocenters. The van der Waals surface area contributed by atoms with E-state index in [0.717, 1.165) is 39.4 Å². The molecular weight excluding hydrogens is 360 g/mol. The SMILES string of the molecule is CCc1cc(C)ccc1C#Cc1ccc(C#Cc2ccc(C)cc2)c2ccccc12. The van der Waals surface area contributed by atoms with Crippen LogP contribution in [0.3, 0.4) is 0 Å². The van der Waals surface area contributed by atoms with Crippen LogP contribution in [0.15, 0.2) is 78.9 Å². The first-order valence-corrected chi connectivity index (χ1v) is 10.4. The van der Waals surface area contributed by atoms with Crippen molar-refractivity contribution >= 4 is 10.8 Å². The van der Waals surface area contributed by atoms with Crippen molar-refractivity contribution in [3.05, 3.63) is 118 Å². The topological polar surface area (TPSA) is 0 Å². The first-order valence-electron chi connectivity index (χ1n) is 10.4. The molecule has 0 nitrogen and oxygen atoms in total. The van der Waals surface area contributed by atoms with Gasteiger partial charge in [-0.1, -0.05) is 90.3 Å². The van der Waals surface area contributed by atoms with E-state index in [-0.39, 0.29) is 0 Å². The number of aryl methyl sites for hydroxylation is 3. The molecule has 0 unspecified atom stereocenters. The normalized spacial score (nSPS) is 10.1. The Hall–Kier alpha value is -3.74. The van der Waals surface area contributed by atoms with Crippen LogP contribution in [0, 0.1) is 37.5 Å². The Labute approximate surface area is 179 Å². The number of hydrogen-bond acceptors (Lipinski definition) is 0. The second-order valence-corrected chi connectivity index (χ2v) is 7.59. The predicted octanol–water partition coefficient (Wildman–Crippen LogP) is 6.82. The molecule has 0 saturated heterocycles. The molecule has 30 heavy (non-hydrogen) atoms. The summed E-state index contributed by atoms with van der Waals surface area (Å²) >= 11 is 0. The van der Waals surface area contributed by atoms with Crippen LogP contribution in [0.4, 0.5) is 0 Å². The van der Waals surface area contributed by atoms with Gasteiger partial charge in [-0.3, -0.25) is 0 Å². The third-order valence-corrected chi connectivity index (χ3v) is 5.29. The lowest BCUT2D eigenvalue weighted by Crippen LogP contribution is -1.89. The molecule has 0 spiro atoms. The van der Waals surface area contributed by atoms with Crippen LogP contribution in [-0.2, 0) is 6.42 Å². The van der Waals surface area contributed by atoms with Crippen LogP contribution >= 0.6 is 0 Å². The minimum atomic E-state index is 0.986. The van der Waals surface area contributed by atoms with Gasteiger partial charge in [0.1, 0.15) is 0 Å². The van der Waals surface area contributed by atoms with E-state index < -0.39 is 0 Å². The van der Waals surface area contributed by atoms with E-state index in [2.05, 4.69) is 123 Å². The van der Waals surface area contributed by atoms with Gasteiger partial charge in [-0.2, -0.15) is 0 Å². The van der Waals surface area contributed by atoms with E-state index in [1.54, 1.807) is 0 Å². The molecule has 0 N–H and O–H groups in total. The van der Waals surface area contributed by atoms with Crippen molar-refractivity contribution in [2.24, 2.45) is 0 Å². The average Bonchev–Trinajstić information content (AvgIpc) is 2.78. The maximum Gasteiger partial charge on any atom is 0.0328 e. The Bertz CT molecular complexity index is 1330. The molecule has 4 aromatic rings. The van der Waals surface area contributed by atoms with Crippen molar-refractivity contribution in [2.75, 3.05) is 0 Å². The van der Waals surface area contributed by atoms with Crippen molar-refractivity contribution in [3.8, 4) is 23.7 Å². The number of benzene rings is 4. The zero-order valence-corrected chi connectivity index (χ0v) is 17.7. The molecule has 0 aliphatic heterocycles. The maximum atomic E-state index is 3.41. The summed E-state index contributed by atoms with van der Waals surface area (Å²) in [5.41, 5.74) is 8.02. The lowest BCUT2D eigenvalue weighted by molar-refractivity contribution is 1.12. The fraction of sp³-hybridized carbons (Fsp3) is 0.133. The first-order chi connectivity index (χ1) is 14.6. The van der Waals surface area contributed by atoms with Gasteiger partial charge >= 0.3 is 0 Å².